The quantitative estimate of drug-likeness (QED) is 0.423. The van der Waals surface area contributed by atoms with Gasteiger partial charge >= 0.3 is 0 Å². The largest absolute Gasteiger partial charge is 0.355 e. The van der Waals surface area contributed by atoms with Crippen molar-refractivity contribution in [1.29, 1.82) is 0 Å². The molecule has 164 valence electrons. The number of hydrogen-bond acceptors (Lipinski definition) is 4. The molecule has 2 aromatic heterocycles. The van der Waals surface area contributed by atoms with Gasteiger partial charge < -0.3 is 15.2 Å². The average molecular weight is 441 g/mol. The first-order valence-corrected chi connectivity index (χ1v) is 10.3. The van der Waals surface area contributed by atoms with Crippen LogP contribution in [0.15, 0.2) is 83.9 Å². The highest BCUT2D eigenvalue weighted by Crippen LogP contribution is 2.26. The molecule has 7 nitrogen and oxygen atoms in total. The van der Waals surface area contributed by atoms with Crippen LogP contribution in [0.25, 0.3) is 21.7 Å². The lowest BCUT2D eigenvalue weighted by molar-refractivity contribution is -0.116. The van der Waals surface area contributed by atoms with Crippen LogP contribution in [0, 0.1) is 5.82 Å². The number of hydrogen-bond donors (Lipinski definition) is 2. The highest BCUT2D eigenvalue weighted by atomic mass is 19.1. The fourth-order valence-corrected chi connectivity index (χ4v) is 3.88. The van der Waals surface area contributed by atoms with Gasteiger partial charge in [0.15, 0.2) is 0 Å². The maximum atomic E-state index is 13.4. The Kier molecular flexibility index (Phi) is 5.10. The van der Waals surface area contributed by atoms with E-state index in [4.69, 9.17) is 0 Å². The second-order valence-electron chi connectivity index (χ2n) is 7.74. The number of benzene rings is 3. The number of aromatic nitrogens is 3. The summed E-state index contributed by atoms with van der Waals surface area (Å²) in [4.78, 5) is 25.7. The number of carbonyl (C=O) groups excluding carboxylic acids is 1. The molecule has 0 aliphatic carbocycles. The van der Waals surface area contributed by atoms with Crippen LogP contribution >= 0.6 is 0 Å². The first-order valence-electron chi connectivity index (χ1n) is 10.3. The molecule has 8 heteroatoms. The fourth-order valence-electron chi connectivity index (χ4n) is 3.88. The molecule has 0 spiro atoms. The predicted molar refractivity (Wildman–Crippen MR) is 127 cm³/mol. The van der Waals surface area contributed by atoms with Crippen LogP contribution < -0.4 is 16.2 Å². The summed E-state index contributed by atoms with van der Waals surface area (Å²) < 4.78 is 16.5. The van der Waals surface area contributed by atoms with E-state index in [1.807, 2.05) is 43.4 Å². The summed E-state index contributed by atoms with van der Waals surface area (Å²) in [7, 11) is 1.88. The molecule has 0 aliphatic heterocycles. The topological polar surface area (TPSA) is 81.0 Å². The summed E-state index contributed by atoms with van der Waals surface area (Å²) >= 11 is 0. The third-order valence-corrected chi connectivity index (χ3v) is 5.45. The second-order valence-corrected chi connectivity index (χ2v) is 7.74. The zero-order valence-corrected chi connectivity index (χ0v) is 17.7. The van der Waals surface area contributed by atoms with Crippen molar-refractivity contribution in [2.45, 2.75) is 6.54 Å². The van der Waals surface area contributed by atoms with Gasteiger partial charge in [0, 0.05) is 30.0 Å². The van der Waals surface area contributed by atoms with Gasteiger partial charge in [-0.2, -0.15) is 5.10 Å². The second kappa shape index (κ2) is 8.23. The first kappa shape index (κ1) is 20.4. The summed E-state index contributed by atoms with van der Waals surface area (Å²) in [5, 5.41) is 12.4. The SMILES string of the molecule is Cn1ncc2cc(Nc3cccc4ccn(CC(=O)Nc5cccc(F)c5)c(=O)c34)ccc21. The van der Waals surface area contributed by atoms with Gasteiger partial charge in [-0.05, 0) is 53.9 Å². The lowest BCUT2D eigenvalue weighted by Crippen LogP contribution is -2.27. The lowest BCUT2D eigenvalue weighted by atomic mass is 10.1. The molecule has 0 unspecified atom stereocenters. The standard InChI is InChI=1S/C25H20FN5O2/c1-30-22-9-8-20(12-17(22)14-27-30)28-21-7-2-4-16-10-11-31(25(33)24(16)21)15-23(32)29-19-6-3-5-18(26)13-19/h2-14,28H,15H2,1H3,(H,29,32). The van der Waals surface area contributed by atoms with Crippen molar-refractivity contribution >= 4 is 44.6 Å². The van der Waals surface area contributed by atoms with Crippen molar-refractivity contribution in [2.75, 3.05) is 10.6 Å². The smallest absolute Gasteiger partial charge is 0.261 e. The van der Waals surface area contributed by atoms with Gasteiger partial charge in [-0.25, -0.2) is 4.39 Å². The van der Waals surface area contributed by atoms with E-state index in [0.29, 0.717) is 16.8 Å². The van der Waals surface area contributed by atoms with Crippen LogP contribution in [0.5, 0.6) is 0 Å². The Morgan fingerprint density at radius 3 is 2.70 bits per heavy atom. The Morgan fingerprint density at radius 1 is 1.00 bits per heavy atom. The van der Waals surface area contributed by atoms with Gasteiger partial charge in [-0.15, -0.1) is 0 Å². The van der Waals surface area contributed by atoms with Crippen LogP contribution in [0.1, 0.15) is 0 Å². The van der Waals surface area contributed by atoms with Crippen molar-refractivity contribution < 1.29 is 9.18 Å². The predicted octanol–water partition coefficient (Wildman–Crippen LogP) is 4.41. The molecule has 0 atom stereocenters. The van der Waals surface area contributed by atoms with Gasteiger partial charge in [0.2, 0.25) is 5.91 Å². The summed E-state index contributed by atoms with van der Waals surface area (Å²) in [6, 6.07) is 18.8. The number of halogens is 1. The monoisotopic (exact) mass is 441 g/mol. The summed E-state index contributed by atoms with van der Waals surface area (Å²) in [6.45, 7) is -0.193. The maximum absolute atomic E-state index is 13.4. The molecule has 0 saturated carbocycles. The van der Waals surface area contributed by atoms with Crippen LogP contribution in [0.2, 0.25) is 0 Å². The van der Waals surface area contributed by atoms with Gasteiger partial charge in [0.25, 0.3) is 5.56 Å². The van der Waals surface area contributed by atoms with Crippen molar-refractivity contribution in [3.05, 3.63) is 95.3 Å². The van der Waals surface area contributed by atoms with Crippen molar-refractivity contribution in [3.8, 4) is 0 Å². The molecule has 2 N–H and O–H groups in total. The first-order chi connectivity index (χ1) is 16.0. The van der Waals surface area contributed by atoms with E-state index in [-0.39, 0.29) is 12.1 Å². The Labute approximate surface area is 188 Å². The average Bonchev–Trinajstić information content (AvgIpc) is 3.16. The highest BCUT2D eigenvalue weighted by molar-refractivity contribution is 5.96. The van der Waals surface area contributed by atoms with Crippen LogP contribution in [-0.2, 0) is 18.4 Å². The van der Waals surface area contributed by atoms with Crippen molar-refractivity contribution in [1.82, 2.24) is 14.3 Å². The molecule has 0 radical (unpaired) electrons. The molecule has 0 fully saturated rings. The molecule has 2 heterocycles. The lowest BCUT2D eigenvalue weighted by Gasteiger charge is -2.12. The van der Waals surface area contributed by atoms with Crippen molar-refractivity contribution in [2.24, 2.45) is 7.05 Å². The molecule has 0 aliphatic rings. The summed E-state index contributed by atoms with van der Waals surface area (Å²) in [5.74, 6) is -0.870. The Hall–Kier alpha value is -4.46. The zero-order chi connectivity index (χ0) is 22.9. The van der Waals surface area contributed by atoms with E-state index in [9.17, 15) is 14.0 Å². The molecular weight excluding hydrogens is 421 g/mol. The van der Waals surface area contributed by atoms with Gasteiger partial charge in [0.05, 0.1) is 22.8 Å². The zero-order valence-electron chi connectivity index (χ0n) is 17.7. The number of pyridine rings is 1. The van der Waals surface area contributed by atoms with E-state index >= 15 is 0 Å². The van der Waals surface area contributed by atoms with E-state index in [2.05, 4.69) is 15.7 Å². The number of fused-ring (bicyclic) bond motifs is 2. The third kappa shape index (κ3) is 4.06. The molecular formula is C25H20FN5O2. The Balaban J connectivity index is 1.45. The minimum atomic E-state index is -0.448. The molecule has 0 saturated heterocycles. The summed E-state index contributed by atoms with van der Waals surface area (Å²) in [5.41, 5.74) is 2.50. The van der Waals surface area contributed by atoms with Crippen LogP contribution in [-0.4, -0.2) is 20.3 Å². The number of anilines is 3. The number of nitrogens with one attached hydrogen (secondary N) is 2. The van der Waals surface area contributed by atoms with Crippen LogP contribution in [0.4, 0.5) is 21.5 Å². The van der Waals surface area contributed by atoms with E-state index in [1.165, 1.54) is 22.8 Å². The number of carbonyl (C=O) groups is 1. The van der Waals surface area contributed by atoms with E-state index in [1.54, 1.807) is 29.2 Å². The normalized spacial score (nSPS) is 11.1. The fraction of sp³-hybridized carbons (Fsp3) is 0.0800. The minimum absolute atomic E-state index is 0.193. The molecule has 5 aromatic rings. The van der Waals surface area contributed by atoms with Gasteiger partial charge in [-0.1, -0.05) is 18.2 Å². The third-order valence-electron chi connectivity index (χ3n) is 5.45. The Morgan fingerprint density at radius 2 is 1.85 bits per heavy atom. The highest BCUT2D eigenvalue weighted by Gasteiger charge is 2.12. The molecule has 33 heavy (non-hydrogen) atoms. The van der Waals surface area contributed by atoms with Gasteiger partial charge in [-0.3, -0.25) is 14.3 Å². The van der Waals surface area contributed by atoms with E-state index in [0.717, 1.165) is 22.0 Å². The molecule has 1 amide bonds. The maximum Gasteiger partial charge on any atom is 0.261 e. The molecule has 0 bridgehead atoms. The van der Waals surface area contributed by atoms with Crippen molar-refractivity contribution in [3.63, 3.8) is 0 Å². The molecule has 5 rings (SSSR count). The number of aryl methyl sites for hydroxylation is 1. The summed E-state index contributed by atoms with van der Waals surface area (Å²) in [6.07, 6.45) is 3.37. The number of nitrogens with zero attached hydrogens (tertiary/aromatic N) is 3. The number of amides is 1. The van der Waals surface area contributed by atoms with Gasteiger partial charge in [0.1, 0.15) is 12.4 Å². The Bertz CT molecular complexity index is 1570. The minimum Gasteiger partial charge on any atom is -0.355 e. The van der Waals surface area contributed by atoms with Crippen LogP contribution in [0.3, 0.4) is 0 Å². The molecule has 3 aromatic carbocycles. The van der Waals surface area contributed by atoms with E-state index < -0.39 is 11.7 Å². The number of rotatable bonds is 5.